The Bertz CT molecular complexity index is 716. The maximum atomic E-state index is 11.7. The highest BCUT2D eigenvalue weighted by Crippen LogP contribution is 2.26. The molecule has 0 unspecified atom stereocenters. The van der Waals surface area contributed by atoms with Gasteiger partial charge in [0, 0.05) is 11.6 Å². The Morgan fingerprint density at radius 1 is 1.24 bits per heavy atom. The Hall–Kier alpha value is -2.76. The summed E-state index contributed by atoms with van der Waals surface area (Å²) in [7, 11) is 2.48. The lowest BCUT2D eigenvalue weighted by Crippen LogP contribution is -2.15. The van der Waals surface area contributed by atoms with E-state index in [1.54, 1.807) is 6.07 Å². The van der Waals surface area contributed by atoms with Crippen LogP contribution in [0.25, 0.3) is 10.9 Å². The first kappa shape index (κ1) is 14.6. The molecule has 0 aliphatic carbocycles. The fourth-order valence-corrected chi connectivity index (χ4v) is 1.98. The number of esters is 2. The van der Waals surface area contributed by atoms with Crippen LogP contribution in [0.4, 0.5) is 5.69 Å². The lowest BCUT2D eigenvalue weighted by Gasteiger charge is -2.10. The maximum Gasteiger partial charge on any atom is 0.354 e. The smallest absolute Gasteiger partial charge is 0.354 e. The van der Waals surface area contributed by atoms with Gasteiger partial charge in [-0.2, -0.15) is 0 Å². The van der Waals surface area contributed by atoms with Crippen LogP contribution >= 0.6 is 0 Å². The number of hydrogen-bond donors (Lipinski definition) is 2. The lowest BCUT2D eigenvalue weighted by molar-refractivity contribution is -0.138. The Morgan fingerprint density at radius 3 is 2.67 bits per heavy atom. The molecular formula is C15H16N2O4. The van der Waals surface area contributed by atoms with Gasteiger partial charge in [0.15, 0.2) is 0 Å². The zero-order valence-corrected chi connectivity index (χ0v) is 12.0. The van der Waals surface area contributed by atoms with E-state index in [4.69, 9.17) is 0 Å². The fraction of sp³-hybridized carbons (Fsp3) is 0.200. The predicted molar refractivity (Wildman–Crippen MR) is 78.8 cm³/mol. The van der Waals surface area contributed by atoms with Gasteiger partial charge < -0.3 is 19.8 Å². The molecule has 0 bridgehead atoms. The van der Waals surface area contributed by atoms with Crippen molar-refractivity contribution >= 4 is 28.5 Å². The maximum absolute atomic E-state index is 11.7. The van der Waals surface area contributed by atoms with E-state index in [9.17, 15) is 9.59 Å². The van der Waals surface area contributed by atoms with Gasteiger partial charge in [0.1, 0.15) is 5.70 Å². The van der Waals surface area contributed by atoms with Gasteiger partial charge in [-0.25, -0.2) is 9.59 Å². The number of aromatic amines is 1. The number of rotatable bonds is 4. The van der Waals surface area contributed by atoms with E-state index in [0.717, 1.165) is 22.5 Å². The first-order valence-electron chi connectivity index (χ1n) is 6.28. The van der Waals surface area contributed by atoms with Crippen molar-refractivity contribution < 1.29 is 19.1 Å². The largest absolute Gasteiger partial charge is 0.466 e. The van der Waals surface area contributed by atoms with Crippen LogP contribution in [-0.4, -0.2) is 31.1 Å². The molecule has 0 amide bonds. The molecular weight excluding hydrogens is 272 g/mol. The number of ether oxygens (including phenoxy) is 2. The van der Waals surface area contributed by atoms with Gasteiger partial charge in [0.2, 0.25) is 0 Å². The van der Waals surface area contributed by atoms with Gasteiger partial charge in [0.05, 0.1) is 31.5 Å². The second-order valence-corrected chi connectivity index (χ2v) is 4.40. The molecule has 1 aromatic heterocycles. The number of methoxy groups -OCH3 is 2. The van der Waals surface area contributed by atoms with Crippen LogP contribution in [0.1, 0.15) is 5.56 Å². The molecule has 0 atom stereocenters. The van der Waals surface area contributed by atoms with Crippen LogP contribution in [0.2, 0.25) is 0 Å². The van der Waals surface area contributed by atoms with Gasteiger partial charge >= 0.3 is 11.9 Å². The van der Waals surface area contributed by atoms with Crippen molar-refractivity contribution in [1.82, 2.24) is 4.98 Å². The SMILES string of the molecule is COC(=O)/C=C(/Nc1cccc2c(C)c[nH]c12)C(=O)OC. The molecule has 0 aliphatic rings. The molecule has 0 saturated carbocycles. The van der Waals surface area contributed by atoms with Crippen molar-refractivity contribution in [2.45, 2.75) is 6.92 Å². The normalized spacial score (nSPS) is 11.3. The van der Waals surface area contributed by atoms with Crippen LogP contribution in [0.15, 0.2) is 36.2 Å². The van der Waals surface area contributed by atoms with Gasteiger partial charge in [-0.1, -0.05) is 12.1 Å². The van der Waals surface area contributed by atoms with E-state index in [1.165, 1.54) is 14.2 Å². The molecule has 6 nitrogen and oxygen atoms in total. The van der Waals surface area contributed by atoms with Crippen LogP contribution in [0, 0.1) is 6.92 Å². The van der Waals surface area contributed by atoms with Crippen LogP contribution in [0.5, 0.6) is 0 Å². The lowest BCUT2D eigenvalue weighted by atomic mass is 10.1. The standard InChI is InChI=1S/C15H16N2O4/c1-9-8-16-14-10(9)5-4-6-11(14)17-12(15(19)21-3)7-13(18)20-2/h4-8,16-17H,1-3H3/b12-7+. The summed E-state index contributed by atoms with van der Waals surface area (Å²) >= 11 is 0. The Labute approximate surface area is 121 Å². The van der Waals surface area contributed by atoms with E-state index >= 15 is 0 Å². The Morgan fingerprint density at radius 2 is 2.00 bits per heavy atom. The second-order valence-electron chi connectivity index (χ2n) is 4.40. The van der Waals surface area contributed by atoms with E-state index in [2.05, 4.69) is 19.8 Å². The number of benzene rings is 1. The number of carbonyl (C=O) groups is 2. The molecule has 0 fully saturated rings. The number of nitrogens with one attached hydrogen (secondary N) is 2. The van der Waals surface area contributed by atoms with Crippen molar-refractivity contribution in [2.24, 2.45) is 0 Å². The molecule has 1 aromatic carbocycles. The summed E-state index contributed by atoms with van der Waals surface area (Å²) in [4.78, 5) is 26.2. The molecule has 2 N–H and O–H groups in total. The average Bonchev–Trinajstić information content (AvgIpc) is 2.88. The Balaban J connectivity index is 2.41. The number of aromatic nitrogens is 1. The monoisotopic (exact) mass is 288 g/mol. The van der Waals surface area contributed by atoms with E-state index in [1.807, 2.05) is 25.3 Å². The molecule has 21 heavy (non-hydrogen) atoms. The average molecular weight is 288 g/mol. The van der Waals surface area contributed by atoms with E-state index in [0.29, 0.717) is 5.69 Å². The number of aryl methyl sites for hydroxylation is 1. The summed E-state index contributed by atoms with van der Waals surface area (Å²) in [5, 5.41) is 3.94. The molecule has 0 spiro atoms. The van der Waals surface area contributed by atoms with Crippen molar-refractivity contribution in [3.63, 3.8) is 0 Å². The molecule has 0 saturated heterocycles. The van der Waals surface area contributed by atoms with Crippen LogP contribution < -0.4 is 5.32 Å². The summed E-state index contributed by atoms with van der Waals surface area (Å²) < 4.78 is 9.19. The zero-order valence-electron chi connectivity index (χ0n) is 12.0. The van der Waals surface area contributed by atoms with Crippen molar-refractivity contribution in [2.75, 3.05) is 19.5 Å². The highest BCUT2D eigenvalue weighted by molar-refractivity contribution is 6.02. The fourth-order valence-electron chi connectivity index (χ4n) is 1.98. The Kier molecular flexibility index (Phi) is 4.27. The molecule has 110 valence electrons. The van der Waals surface area contributed by atoms with Gasteiger partial charge in [-0.15, -0.1) is 0 Å². The predicted octanol–water partition coefficient (Wildman–Crippen LogP) is 2.12. The van der Waals surface area contributed by atoms with Crippen molar-refractivity contribution in [1.29, 1.82) is 0 Å². The first-order chi connectivity index (χ1) is 10.1. The summed E-state index contributed by atoms with van der Waals surface area (Å²) in [6.45, 7) is 1.98. The first-order valence-corrected chi connectivity index (χ1v) is 6.28. The van der Waals surface area contributed by atoms with Gasteiger partial charge in [-0.05, 0) is 18.6 Å². The third-order valence-electron chi connectivity index (χ3n) is 3.06. The highest BCUT2D eigenvalue weighted by atomic mass is 16.5. The third kappa shape index (κ3) is 3.05. The molecule has 0 radical (unpaired) electrons. The number of hydrogen-bond acceptors (Lipinski definition) is 5. The minimum Gasteiger partial charge on any atom is -0.466 e. The summed E-state index contributed by atoms with van der Waals surface area (Å²) in [6.07, 6.45) is 2.93. The summed E-state index contributed by atoms with van der Waals surface area (Å²) in [5.74, 6) is -1.29. The molecule has 1 heterocycles. The van der Waals surface area contributed by atoms with Crippen molar-refractivity contribution in [3.05, 3.63) is 41.7 Å². The van der Waals surface area contributed by atoms with Crippen LogP contribution in [-0.2, 0) is 19.1 Å². The molecule has 6 heteroatoms. The molecule has 0 aliphatic heterocycles. The molecule has 2 aromatic rings. The third-order valence-corrected chi connectivity index (χ3v) is 3.06. The van der Waals surface area contributed by atoms with Crippen molar-refractivity contribution in [3.8, 4) is 0 Å². The van der Waals surface area contributed by atoms with Gasteiger partial charge in [-0.3, -0.25) is 0 Å². The minimum atomic E-state index is -0.652. The highest BCUT2D eigenvalue weighted by Gasteiger charge is 2.14. The van der Waals surface area contributed by atoms with E-state index in [-0.39, 0.29) is 5.70 Å². The second kappa shape index (κ2) is 6.13. The van der Waals surface area contributed by atoms with E-state index < -0.39 is 11.9 Å². The number of H-pyrrole nitrogens is 1. The zero-order chi connectivity index (χ0) is 15.4. The summed E-state index contributed by atoms with van der Waals surface area (Å²) in [5.41, 5.74) is 2.60. The van der Waals surface area contributed by atoms with Gasteiger partial charge in [0.25, 0.3) is 0 Å². The summed E-state index contributed by atoms with van der Waals surface area (Å²) in [6, 6.07) is 5.62. The quantitative estimate of drug-likeness (QED) is 0.665. The topological polar surface area (TPSA) is 80.4 Å². The number of carbonyl (C=O) groups excluding carboxylic acids is 2. The number of para-hydroxylation sites is 1. The molecule has 2 rings (SSSR count). The number of anilines is 1. The van der Waals surface area contributed by atoms with Crippen LogP contribution in [0.3, 0.4) is 0 Å². The number of fused-ring (bicyclic) bond motifs is 1. The minimum absolute atomic E-state index is 0.00380.